The minimum absolute atomic E-state index is 1.08. The highest BCUT2D eigenvalue weighted by atomic mass is 16.5. The molecule has 1 rings (SSSR count). The number of hydrogen-bond donors (Lipinski definition) is 0. The van der Waals surface area contributed by atoms with Gasteiger partial charge < -0.3 is 4.74 Å². The van der Waals surface area contributed by atoms with Gasteiger partial charge >= 0.3 is 0 Å². The van der Waals surface area contributed by atoms with Crippen LogP contribution in [-0.4, -0.2) is 0 Å². The van der Waals surface area contributed by atoms with Crippen molar-refractivity contribution in [3.8, 4) is 0 Å². The lowest BCUT2D eigenvalue weighted by atomic mass is 10.1. The molecule has 1 heterocycles. The van der Waals surface area contributed by atoms with Gasteiger partial charge in [-0.3, -0.25) is 0 Å². The molecular formula is C8H12O. The van der Waals surface area contributed by atoms with Crippen LogP contribution in [0.4, 0.5) is 0 Å². The fourth-order valence-electron chi connectivity index (χ4n) is 0.921. The number of ether oxygens (including phenoxy) is 1. The molecule has 1 heteroatoms. The van der Waals surface area contributed by atoms with E-state index in [1.807, 2.05) is 12.3 Å². The Morgan fingerprint density at radius 2 is 2.56 bits per heavy atom. The van der Waals surface area contributed by atoms with E-state index in [4.69, 9.17) is 4.74 Å². The molecule has 0 saturated carbocycles. The first-order valence-corrected chi connectivity index (χ1v) is 3.42. The second kappa shape index (κ2) is 3.33. The van der Waals surface area contributed by atoms with E-state index in [1.165, 1.54) is 18.4 Å². The summed E-state index contributed by atoms with van der Waals surface area (Å²) in [7, 11) is 0. The van der Waals surface area contributed by atoms with E-state index in [0.717, 1.165) is 6.42 Å². The van der Waals surface area contributed by atoms with E-state index < -0.39 is 0 Å². The van der Waals surface area contributed by atoms with Gasteiger partial charge in [0, 0.05) is 0 Å². The average Bonchev–Trinajstić information content (AvgIpc) is 1.91. The molecule has 50 valence electrons. The standard InChI is InChI=1S/C8H12O/c1-2-4-8-5-3-6-9-7-8/h3,6-7H,2,4-5H2,1H3. The van der Waals surface area contributed by atoms with Crippen molar-refractivity contribution in [1.82, 2.24) is 0 Å². The third-order valence-corrected chi connectivity index (χ3v) is 1.36. The van der Waals surface area contributed by atoms with Gasteiger partial charge in [-0.15, -0.1) is 0 Å². The second-order valence-corrected chi connectivity index (χ2v) is 2.24. The average molecular weight is 124 g/mol. The number of hydrogen-bond acceptors (Lipinski definition) is 1. The quantitative estimate of drug-likeness (QED) is 0.549. The molecular weight excluding hydrogens is 112 g/mol. The van der Waals surface area contributed by atoms with Crippen LogP contribution in [-0.2, 0) is 4.74 Å². The largest absolute Gasteiger partial charge is 0.473 e. The highest BCUT2D eigenvalue weighted by Gasteiger charge is 1.96. The van der Waals surface area contributed by atoms with Gasteiger partial charge in [-0.25, -0.2) is 0 Å². The molecule has 0 aliphatic carbocycles. The summed E-state index contributed by atoms with van der Waals surface area (Å²) in [4.78, 5) is 0. The van der Waals surface area contributed by atoms with Gasteiger partial charge in [0.2, 0.25) is 0 Å². The summed E-state index contributed by atoms with van der Waals surface area (Å²) in [5.41, 5.74) is 1.40. The lowest BCUT2D eigenvalue weighted by molar-refractivity contribution is 0.384. The number of rotatable bonds is 2. The highest BCUT2D eigenvalue weighted by molar-refractivity contribution is 5.07. The van der Waals surface area contributed by atoms with E-state index in [-0.39, 0.29) is 0 Å². The van der Waals surface area contributed by atoms with Crippen molar-refractivity contribution in [2.75, 3.05) is 0 Å². The highest BCUT2D eigenvalue weighted by Crippen LogP contribution is 2.13. The van der Waals surface area contributed by atoms with Gasteiger partial charge in [0.1, 0.15) is 0 Å². The Hall–Kier alpha value is -0.720. The maximum absolute atomic E-state index is 4.99. The van der Waals surface area contributed by atoms with Crippen molar-refractivity contribution in [3.05, 3.63) is 24.2 Å². The first-order chi connectivity index (χ1) is 4.43. The van der Waals surface area contributed by atoms with Crippen molar-refractivity contribution in [1.29, 1.82) is 0 Å². The van der Waals surface area contributed by atoms with Gasteiger partial charge in [0.05, 0.1) is 12.5 Å². The zero-order valence-electron chi connectivity index (χ0n) is 5.76. The molecule has 0 aromatic rings. The Balaban J connectivity index is 2.32. The lowest BCUT2D eigenvalue weighted by Crippen LogP contribution is -1.86. The van der Waals surface area contributed by atoms with Crippen LogP contribution >= 0.6 is 0 Å². The maximum Gasteiger partial charge on any atom is 0.0896 e. The van der Waals surface area contributed by atoms with Crippen LogP contribution < -0.4 is 0 Å². The smallest absolute Gasteiger partial charge is 0.0896 e. The molecule has 0 amide bonds. The van der Waals surface area contributed by atoms with Crippen molar-refractivity contribution >= 4 is 0 Å². The molecule has 1 aliphatic rings. The summed E-state index contributed by atoms with van der Waals surface area (Å²) in [5, 5.41) is 0. The first kappa shape index (κ1) is 6.40. The molecule has 0 aromatic heterocycles. The molecule has 0 bridgehead atoms. The number of allylic oxidation sites excluding steroid dienone is 2. The molecule has 0 aromatic carbocycles. The molecule has 0 atom stereocenters. The van der Waals surface area contributed by atoms with Crippen LogP contribution in [0.5, 0.6) is 0 Å². The van der Waals surface area contributed by atoms with Crippen molar-refractivity contribution in [2.24, 2.45) is 0 Å². The fourth-order valence-corrected chi connectivity index (χ4v) is 0.921. The summed E-state index contributed by atoms with van der Waals surface area (Å²) in [6, 6.07) is 0. The van der Waals surface area contributed by atoms with Crippen molar-refractivity contribution in [3.63, 3.8) is 0 Å². The minimum atomic E-state index is 1.08. The fraction of sp³-hybridized carbons (Fsp3) is 0.500. The molecule has 0 saturated heterocycles. The third-order valence-electron chi connectivity index (χ3n) is 1.36. The van der Waals surface area contributed by atoms with Crippen LogP contribution in [0, 0.1) is 0 Å². The zero-order chi connectivity index (χ0) is 6.53. The summed E-state index contributed by atoms with van der Waals surface area (Å²) < 4.78 is 4.99. The molecule has 0 fully saturated rings. The van der Waals surface area contributed by atoms with Gasteiger partial charge in [-0.2, -0.15) is 0 Å². The normalized spacial score (nSPS) is 16.8. The zero-order valence-corrected chi connectivity index (χ0v) is 5.76. The van der Waals surface area contributed by atoms with Gasteiger partial charge in [-0.05, 0) is 24.5 Å². The Labute approximate surface area is 56.0 Å². The predicted octanol–water partition coefficient (Wildman–Crippen LogP) is 2.60. The maximum atomic E-state index is 4.99. The van der Waals surface area contributed by atoms with Crippen LogP contribution in [0.1, 0.15) is 26.2 Å². The topological polar surface area (TPSA) is 9.23 Å². The van der Waals surface area contributed by atoms with E-state index in [0.29, 0.717) is 0 Å². The monoisotopic (exact) mass is 124 g/mol. The van der Waals surface area contributed by atoms with Crippen LogP contribution in [0.25, 0.3) is 0 Å². The molecule has 0 unspecified atom stereocenters. The lowest BCUT2D eigenvalue weighted by Gasteiger charge is -2.05. The van der Waals surface area contributed by atoms with Crippen LogP contribution in [0.15, 0.2) is 24.2 Å². The third kappa shape index (κ3) is 1.92. The Bertz CT molecular complexity index is 134. The van der Waals surface area contributed by atoms with Gasteiger partial charge in [0.15, 0.2) is 0 Å². The Morgan fingerprint density at radius 1 is 1.67 bits per heavy atom. The van der Waals surface area contributed by atoms with Crippen LogP contribution in [0.2, 0.25) is 0 Å². The Morgan fingerprint density at radius 3 is 3.11 bits per heavy atom. The summed E-state index contributed by atoms with van der Waals surface area (Å²) in [6.07, 6.45) is 9.09. The van der Waals surface area contributed by atoms with Gasteiger partial charge in [-0.1, -0.05) is 13.3 Å². The molecule has 0 radical (unpaired) electrons. The van der Waals surface area contributed by atoms with Crippen LogP contribution in [0.3, 0.4) is 0 Å². The predicted molar refractivity (Wildman–Crippen MR) is 37.8 cm³/mol. The van der Waals surface area contributed by atoms with Crippen molar-refractivity contribution < 1.29 is 4.74 Å². The van der Waals surface area contributed by atoms with E-state index in [1.54, 1.807) is 6.26 Å². The van der Waals surface area contributed by atoms with E-state index in [9.17, 15) is 0 Å². The van der Waals surface area contributed by atoms with E-state index in [2.05, 4.69) is 6.92 Å². The molecule has 9 heavy (non-hydrogen) atoms. The van der Waals surface area contributed by atoms with Crippen molar-refractivity contribution in [2.45, 2.75) is 26.2 Å². The summed E-state index contributed by atoms with van der Waals surface area (Å²) in [6.45, 7) is 2.18. The Kier molecular flexibility index (Phi) is 2.37. The second-order valence-electron chi connectivity index (χ2n) is 2.24. The minimum Gasteiger partial charge on any atom is -0.473 e. The van der Waals surface area contributed by atoms with Gasteiger partial charge in [0.25, 0.3) is 0 Å². The van der Waals surface area contributed by atoms with E-state index >= 15 is 0 Å². The molecule has 0 N–H and O–H groups in total. The summed E-state index contributed by atoms with van der Waals surface area (Å²) in [5.74, 6) is 0. The molecule has 1 nitrogen and oxygen atoms in total. The first-order valence-electron chi connectivity index (χ1n) is 3.42. The molecule has 1 aliphatic heterocycles. The molecule has 0 spiro atoms. The summed E-state index contributed by atoms with van der Waals surface area (Å²) >= 11 is 0. The SMILES string of the molecule is CCCC1=COC=CC1.